The maximum absolute atomic E-state index is 16.2. The Morgan fingerprint density at radius 1 is 1.20 bits per heavy atom. The average molecular weight is 667 g/mol. The van der Waals surface area contributed by atoms with Crippen molar-refractivity contribution < 1.29 is 31.5 Å². The molecular formula is C30H32ClF5N8O2. The summed E-state index contributed by atoms with van der Waals surface area (Å²) in [6.45, 7) is 5.81. The Morgan fingerprint density at radius 3 is 2.52 bits per heavy atom. The zero-order valence-electron chi connectivity index (χ0n) is 25.4. The monoisotopic (exact) mass is 666 g/mol. The molecule has 16 heteroatoms. The summed E-state index contributed by atoms with van der Waals surface area (Å²) in [5.74, 6) is -0.922. The van der Waals surface area contributed by atoms with Gasteiger partial charge in [0.15, 0.2) is 11.6 Å². The molecule has 2 N–H and O–H groups in total. The molecule has 5 heterocycles. The smallest absolute Gasteiger partial charge is 0.418 e. The molecular weight excluding hydrogens is 635 g/mol. The number of piperidine rings is 1. The number of carbonyl (C=O) groups is 1. The third kappa shape index (κ3) is 6.11. The Morgan fingerprint density at radius 2 is 1.93 bits per heavy atom. The van der Waals surface area contributed by atoms with Gasteiger partial charge in [-0.05, 0) is 45.2 Å². The number of aryl methyl sites for hydroxylation is 2. The maximum atomic E-state index is 16.2. The van der Waals surface area contributed by atoms with Gasteiger partial charge >= 0.3 is 6.18 Å². The van der Waals surface area contributed by atoms with E-state index in [1.165, 1.54) is 24.0 Å². The molecule has 3 aromatic heterocycles. The minimum absolute atomic E-state index is 0.00839. The minimum Gasteiger partial charge on any atom is -0.491 e. The lowest BCUT2D eigenvalue weighted by Gasteiger charge is -2.45. The molecule has 2 atom stereocenters. The number of nitrogens with zero attached hydrogens (tertiary/aromatic N) is 7. The predicted octanol–water partition coefficient (Wildman–Crippen LogP) is 5.94. The van der Waals surface area contributed by atoms with E-state index in [1.807, 2.05) is 18.7 Å². The molecule has 0 saturated carbocycles. The lowest BCUT2D eigenvalue weighted by molar-refractivity contribution is -0.137. The standard InChI is InChI=1S/C26H27ClF4N6O2.C4H5FN2/c1-12(2)37(11-38)14-4-6-36-15(9-14)5-7-39-24-18-23(33-10-34-25(18)36)21(28)17(20(24)27)22-19(26(29,30)31)13(3)8-16(32)35-22;1-7-3-2-6-4(7)5/h8,10-12,14-15H,4-7,9H2,1-3H3,(H2,32,35);2-3H,1H3. The SMILES string of the molecule is Cc1cc(N)nc(-c2c(Cl)c3c4c(ncnc4c2F)N2CCC(N(C=O)C(C)C)CC2CCO3)c1C(F)(F)F.Cn1ccnc1F. The number of rotatable bonds is 4. The zero-order valence-corrected chi connectivity index (χ0v) is 26.2. The molecule has 246 valence electrons. The van der Waals surface area contributed by atoms with Crippen LogP contribution in [0.15, 0.2) is 24.8 Å². The molecule has 1 saturated heterocycles. The predicted molar refractivity (Wildman–Crippen MR) is 162 cm³/mol. The third-order valence-corrected chi connectivity index (χ3v) is 8.58. The number of aromatic nitrogens is 5. The fourth-order valence-electron chi connectivity index (χ4n) is 6.11. The van der Waals surface area contributed by atoms with Crippen LogP contribution in [-0.4, -0.2) is 67.1 Å². The van der Waals surface area contributed by atoms with Crippen molar-refractivity contribution in [3.63, 3.8) is 0 Å². The van der Waals surface area contributed by atoms with Gasteiger partial charge in [-0.25, -0.2) is 24.3 Å². The van der Waals surface area contributed by atoms with Crippen molar-refractivity contribution in [3.05, 3.63) is 52.8 Å². The summed E-state index contributed by atoms with van der Waals surface area (Å²) in [5, 5.41) is -0.184. The van der Waals surface area contributed by atoms with Crippen LogP contribution in [0.2, 0.25) is 5.02 Å². The number of alkyl halides is 3. The van der Waals surface area contributed by atoms with Crippen LogP contribution in [0.1, 0.15) is 44.2 Å². The summed E-state index contributed by atoms with van der Waals surface area (Å²) >= 11 is 6.65. The first-order valence-corrected chi connectivity index (χ1v) is 14.9. The fourth-order valence-corrected chi connectivity index (χ4v) is 6.44. The van der Waals surface area contributed by atoms with E-state index in [-0.39, 0.29) is 57.8 Å². The molecule has 2 aliphatic heterocycles. The first-order chi connectivity index (χ1) is 21.7. The lowest BCUT2D eigenvalue weighted by Crippen LogP contribution is -2.52. The summed E-state index contributed by atoms with van der Waals surface area (Å²) in [7, 11) is 1.60. The largest absolute Gasteiger partial charge is 0.491 e. The van der Waals surface area contributed by atoms with Crippen molar-refractivity contribution in [3.8, 4) is 17.0 Å². The van der Waals surface area contributed by atoms with Crippen molar-refractivity contribution in [2.75, 3.05) is 23.8 Å². The number of hydrogen-bond acceptors (Lipinski definition) is 8. The number of amides is 1. The number of pyridine rings is 1. The Kier molecular flexibility index (Phi) is 9.25. The molecule has 2 aliphatic rings. The highest BCUT2D eigenvalue weighted by molar-refractivity contribution is 6.36. The third-order valence-electron chi connectivity index (χ3n) is 8.22. The number of benzene rings is 1. The topological polar surface area (TPSA) is 115 Å². The molecule has 1 fully saturated rings. The maximum Gasteiger partial charge on any atom is 0.418 e. The number of nitrogens with two attached hydrogens (primary N) is 1. The van der Waals surface area contributed by atoms with Gasteiger partial charge in [0.1, 0.15) is 23.5 Å². The first kappa shape index (κ1) is 33.1. The quantitative estimate of drug-likeness (QED) is 0.210. The molecule has 1 aromatic carbocycles. The summed E-state index contributed by atoms with van der Waals surface area (Å²) in [5.41, 5.74) is 2.87. The molecule has 10 nitrogen and oxygen atoms in total. The highest BCUT2D eigenvalue weighted by Gasteiger charge is 2.41. The summed E-state index contributed by atoms with van der Waals surface area (Å²) < 4.78 is 77.7. The van der Waals surface area contributed by atoms with Crippen molar-refractivity contribution in [2.45, 2.75) is 64.3 Å². The number of halogens is 6. The highest BCUT2D eigenvalue weighted by Crippen LogP contribution is 2.50. The molecule has 46 heavy (non-hydrogen) atoms. The van der Waals surface area contributed by atoms with Gasteiger partial charge in [-0.15, -0.1) is 0 Å². The van der Waals surface area contributed by atoms with Crippen LogP contribution in [-0.2, 0) is 18.0 Å². The molecule has 0 radical (unpaired) electrons. The van der Waals surface area contributed by atoms with E-state index in [0.29, 0.717) is 31.6 Å². The fraction of sp³-hybridized carbons (Fsp3) is 0.433. The van der Waals surface area contributed by atoms with E-state index in [1.54, 1.807) is 18.1 Å². The van der Waals surface area contributed by atoms with Crippen LogP contribution in [0.25, 0.3) is 22.2 Å². The minimum atomic E-state index is -4.85. The molecule has 4 aromatic rings. The van der Waals surface area contributed by atoms with Crippen LogP contribution >= 0.6 is 11.6 Å². The molecule has 2 unspecified atom stereocenters. The number of anilines is 2. The molecule has 0 spiro atoms. The Hall–Kier alpha value is -4.27. The van der Waals surface area contributed by atoms with E-state index in [4.69, 9.17) is 22.1 Å². The van der Waals surface area contributed by atoms with Gasteiger partial charge in [0, 0.05) is 50.5 Å². The van der Waals surface area contributed by atoms with Gasteiger partial charge in [-0.3, -0.25) is 4.79 Å². The van der Waals surface area contributed by atoms with Crippen molar-refractivity contribution in [1.29, 1.82) is 0 Å². The second kappa shape index (κ2) is 12.9. The van der Waals surface area contributed by atoms with Gasteiger partial charge in [0.25, 0.3) is 6.08 Å². The number of hydrogen-bond donors (Lipinski definition) is 1. The summed E-state index contributed by atoms with van der Waals surface area (Å²) in [6.07, 6.45) is 1.53. The first-order valence-electron chi connectivity index (χ1n) is 14.5. The van der Waals surface area contributed by atoms with Gasteiger partial charge < -0.3 is 24.8 Å². The molecule has 0 bridgehead atoms. The normalized spacial score (nSPS) is 17.8. The van der Waals surface area contributed by atoms with Crippen LogP contribution in [0, 0.1) is 18.8 Å². The van der Waals surface area contributed by atoms with E-state index in [0.717, 1.165) is 12.5 Å². The zero-order chi connectivity index (χ0) is 33.5. The summed E-state index contributed by atoms with van der Waals surface area (Å²) in [6, 6.07) is 1.05. The molecule has 6 rings (SSSR count). The van der Waals surface area contributed by atoms with Crippen molar-refractivity contribution in [2.24, 2.45) is 7.05 Å². The van der Waals surface area contributed by atoms with Crippen molar-refractivity contribution >= 4 is 40.5 Å². The Bertz CT molecular complexity index is 1750. The van der Waals surface area contributed by atoms with E-state index < -0.39 is 34.9 Å². The van der Waals surface area contributed by atoms with Crippen LogP contribution in [0.3, 0.4) is 0 Å². The Balaban J connectivity index is 0.000000527. The number of ether oxygens (including phenoxy) is 1. The second-order valence-electron chi connectivity index (χ2n) is 11.5. The van der Waals surface area contributed by atoms with Crippen LogP contribution < -0.4 is 15.4 Å². The second-order valence-corrected chi connectivity index (χ2v) is 11.8. The number of fused-ring (bicyclic) bond motifs is 2. The van der Waals surface area contributed by atoms with Crippen LogP contribution in [0.5, 0.6) is 5.75 Å². The highest BCUT2D eigenvalue weighted by atomic mass is 35.5. The van der Waals surface area contributed by atoms with E-state index >= 15 is 4.39 Å². The van der Waals surface area contributed by atoms with Gasteiger partial charge in [0.05, 0.1) is 33.8 Å². The van der Waals surface area contributed by atoms with Crippen molar-refractivity contribution in [1.82, 2.24) is 29.4 Å². The number of imidazole rings is 1. The summed E-state index contributed by atoms with van der Waals surface area (Å²) in [4.78, 5) is 31.2. The number of nitrogen functional groups attached to an aromatic ring is 1. The van der Waals surface area contributed by atoms with Gasteiger partial charge in [-0.2, -0.15) is 17.6 Å². The average Bonchev–Trinajstić information content (AvgIpc) is 3.34. The van der Waals surface area contributed by atoms with Gasteiger partial charge in [-0.1, -0.05) is 11.6 Å². The molecule has 0 aliphatic carbocycles. The lowest BCUT2D eigenvalue weighted by atomic mass is 9.92. The van der Waals surface area contributed by atoms with E-state index in [9.17, 15) is 22.4 Å². The number of carbonyl (C=O) groups excluding carboxylic acids is 1. The van der Waals surface area contributed by atoms with Gasteiger partial charge in [0.2, 0.25) is 6.41 Å². The Labute approximate surface area is 266 Å². The van der Waals surface area contributed by atoms with E-state index in [2.05, 4.69) is 19.9 Å². The van der Waals surface area contributed by atoms with Crippen LogP contribution in [0.4, 0.5) is 33.6 Å². The molecule has 1 amide bonds.